The van der Waals surface area contributed by atoms with Crippen LogP contribution in [0.1, 0.15) is 27.6 Å². The predicted molar refractivity (Wildman–Crippen MR) is 139 cm³/mol. The first-order valence-corrected chi connectivity index (χ1v) is 13.3. The van der Waals surface area contributed by atoms with Crippen LogP contribution in [0.15, 0.2) is 109 Å². The van der Waals surface area contributed by atoms with Gasteiger partial charge in [0, 0.05) is 0 Å². The Kier molecular flexibility index (Phi) is 5.88. The maximum atomic E-state index is 12.2. The fraction of sp³-hybridized carbons (Fsp3) is 0.0714. The molecule has 0 bridgehead atoms. The summed E-state index contributed by atoms with van der Waals surface area (Å²) in [4.78, 5) is 24.4. The molecule has 0 radical (unpaired) electrons. The molecule has 0 aliphatic heterocycles. The Balaban J connectivity index is 2.29. The summed E-state index contributed by atoms with van der Waals surface area (Å²) < 4.78 is 0. The van der Waals surface area contributed by atoms with Crippen LogP contribution in [0.2, 0.25) is 0 Å². The monoisotopic (exact) mass is 454 g/mol. The van der Waals surface area contributed by atoms with Crippen LogP contribution in [0, 0.1) is 0 Å². The van der Waals surface area contributed by atoms with Crippen LogP contribution in [-0.2, 0) is 0 Å². The van der Waals surface area contributed by atoms with E-state index in [0.29, 0.717) is 11.1 Å². The average Bonchev–Trinajstić information content (AvgIpc) is 2.87. The summed E-state index contributed by atoms with van der Waals surface area (Å²) in [5, 5.41) is 4.30. The van der Waals surface area contributed by atoms with Gasteiger partial charge in [0.25, 0.3) is 0 Å². The number of hydrogen-bond acceptors (Lipinski definition) is 2. The first kappa shape index (κ1) is 22.4. The van der Waals surface area contributed by atoms with Gasteiger partial charge in [0.1, 0.15) is 0 Å². The molecule has 0 atom stereocenters. The second-order valence-electron chi connectivity index (χ2n) is 8.12. The molecule has 4 aromatic carbocycles. The van der Waals surface area contributed by atoms with Crippen LogP contribution < -0.4 is 32.7 Å². The fourth-order valence-corrected chi connectivity index (χ4v) is 11.7. The van der Waals surface area contributed by atoms with Crippen LogP contribution in [0.25, 0.3) is 0 Å². The van der Waals surface area contributed by atoms with Crippen LogP contribution in [0.5, 0.6) is 0 Å². The van der Waals surface area contributed by atoms with Crippen molar-refractivity contribution >= 4 is 39.6 Å². The molecule has 0 aromatic heterocycles. The van der Waals surface area contributed by atoms with Crippen LogP contribution in [0.4, 0.5) is 0 Å². The van der Waals surface area contributed by atoms with Crippen molar-refractivity contribution in [3.63, 3.8) is 0 Å². The molecule has 0 fully saturated rings. The Bertz CT molecular complexity index is 1220. The molecule has 33 heavy (non-hydrogen) atoms. The Labute approximate surface area is 194 Å². The molecule has 0 aliphatic carbocycles. The topological polar surface area (TPSA) is 86.2 Å². The van der Waals surface area contributed by atoms with Crippen LogP contribution >= 0.6 is 6.60 Å². The van der Waals surface area contributed by atoms with Gasteiger partial charge in [0.2, 0.25) is 0 Å². The molecular weight excluding hydrogens is 427 g/mol. The molecule has 0 heterocycles. The van der Waals surface area contributed by atoms with Crippen molar-refractivity contribution in [1.82, 2.24) is 0 Å². The summed E-state index contributed by atoms with van der Waals surface area (Å²) in [5.41, 5.74) is 12.3. The molecule has 4 nitrogen and oxygen atoms in total. The summed E-state index contributed by atoms with van der Waals surface area (Å²) in [7, 11) is 0. The van der Waals surface area contributed by atoms with E-state index in [-0.39, 0.29) is 0 Å². The van der Waals surface area contributed by atoms with E-state index in [1.54, 1.807) is 12.1 Å². The van der Waals surface area contributed by atoms with E-state index in [9.17, 15) is 9.59 Å². The number of carbonyl (C=O) groups is 2. The van der Waals surface area contributed by atoms with Gasteiger partial charge >= 0.3 is 194 Å². The molecule has 0 saturated heterocycles. The standard InChI is InChI=1S/C28H27N2O2P/c1-2-33(23-13-5-3-6-14-23,24-15-7-4-8-16-24,25-17-9-11-21(19-25)27(29)31)26-18-10-12-22(20-26)28(30)32/h3-20H,2H2,1H3,(H2,29,31)(H2,30,32). The number of amides is 2. The van der Waals surface area contributed by atoms with Crippen LogP contribution in [0.3, 0.4) is 0 Å². The average molecular weight is 455 g/mol. The van der Waals surface area contributed by atoms with E-state index < -0.39 is 18.4 Å². The minimum absolute atomic E-state index is 0.452. The molecule has 0 saturated carbocycles. The molecule has 0 aliphatic rings. The van der Waals surface area contributed by atoms with Crippen molar-refractivity contribution in [2.45, 2.75) is 6.92 Å². The number of rotatable bonds is 7. The second-order valence-corrected chi connectivity index (χ2v) is 13.4. The Morgan fingerprint density at radius 3 is 1.27 bits per heavy atom. The van der Waals surface area contributed by atoms with Gasteiger partial charge in [-0.2, -0.15) is 0 Å². The Morgan fingerprint density at radius 2 is 0.939 bits per heavy atom. The van der Waals surface area contributed by atoms with Gasteiger partial charge in [-0.1, -0.05) is 0 Å². The zero-order valence-corrected chi connectivity index (χ0v) is 19.4. The summed E-state index contributed by atoms with van der Waals surface area (Å²) >= 11 is 0. The number of hydrogen-bond donors (Lipinski definition) is 2. The zero-order chi connectivity index (χ0) is 23.5. The molecule has 166 valence electrons. The summed E-state index contributed by atoms with van der Waals surface area (Å²) in [6, 6.07) is 35.9. The third-order valence-corrected chi connectivity index (χ3v) is 13.7. The van der Waals surface area contributed by atoms with E-state index in [2.05, 4.69) is 43.3 Å². The normalized spacial score (nSPS) is 12.5. The van der Waals surface area contributed by atoms with Gasteiger partial charge < -0.3 is 0 Å². The van der Waals surface area contributed by atoms with Gasteiger partial charge in [0.05, 0.1) is 0 Å². The van der Waals surface area contributed by atoms with Gasteiger partial charge in [-0.25, -0.2) is 0 Å². The third kappa shape index (κ3) is 3.35. The van der Waals surface area contributed by atoms with Gasteiger partial charge in [-0.05, 0) is 0 Å². The van der Waals surface area contributed by atoms with E-state index in [1.165, 1.54) is 0 Å². The van der Waals surface area contributed by atoms with E-state index in [4.69, 9.17) is 11.5 Å². The molecule has 4 aromatic rings. The second kappa shape index (κ2) is 8.65. The Morgan fingerprint density at radius 1 is 0.576 bits per heavy atom. The van der Waals surface area contributed by atoms with E-state index in [0.717, 1.165) is 27.4 Å². The Hall–Kier alpha value is -3.75. The molecule has 0 spiro atoms. The molecule has 4 rings (SSSR count). The number of carbonyl (C=O) groups excluding carboxylic acids is 2. The maximum absolute atomic E-state index is 12.2. The van der Waals surface area contributed by atoms with E-state index >= 15 is 0 Å². The summed E-state index contributed by atoms with van der Waals surface area (Å²) in [6.45, 7) is -1.25. The van der Waals surface area contributed by atoms with Gasteiger partial charge in [0.15, 0.2) is 0 Å². The first-order chi connectivity index (χ1) is 15.9. The minimum atomic E-state index is -3.42. The quantitative estimate of drug-likeness (QED) is 0.421. The number of primary amides is 2. The zero-order valence-electron chi connectivity index (χ0n) is 18.5. The molecular formula is C28H27N2O2P. The summed E-state index contributed by atoms with van der Waals surface area (Å²) in [5.74, 6) is -0.951. The number of benzene rings is 4. The summed E-state index contributed by atoms with van der Waals surface area (Å²) in [6.07, 6.45) is 0.740. The van der Waals surface area contributed by atoms with Gasteiger partial charge in [-0.3, -0.25) is 0 Å². The predicted octanol–water partition coefficient (Wildman–Crippen LogP) is 3.06. The molecule has 5 heteroatoms. The number of nitrogens with two attached hydrogens (primary N) is 2. The van der Waals surface area contributed by atoms with Crippen molar-refractivity contribution in [3.8, 4) is 0 Å². The SMILES string of the molecule is CCP(c1ccccc1)(c1ccccc1)(c1cccc(C(N)=O)c1)c1cccc(C(N)=O)c1. The van der Waals surface area contributed by atoms with Crippen molar-refractivity contribution < 1.29 is 9.59 Å². The third-order valence-electron chi connectivity index (χ3n) is 6.69. The van der Waals surface area contributed by atoms with E-state index in [1.807, 2.05) is 60.7 Å². The van der Waals surface area contributed by atoms with Crippen molar-refractivity contribution in [3.05, 3.63) is 120 Å². The molecule has 0 unspecified atom stereocenters. The molecule has 2 amide bonds. The first-order valence-electron chi connectivity index (χ1n) is 10.9. The van der Waals surface area contributed by atoms with Crippen molar-refractivity contribution in [2.75, 3.05) is 6.16 Å². The van der Waals surface area contributed by atoms with Crippen molar-refractivity contribution in [2.24, 2.45) is 11.5 Å². The van der Waals surface area contributed by atoms with Crippen LogP contribution in [-0.4, -0.2) is 18.0 Å². The molecule has 4 N–H and O–H groups in total. The van der Waals surface area contributed by atoms with Gasteiger partial charge in [-0.15, -0.1) is 0 Å². The van der Waals surface area contributed by atoms with Crippen molar-refractivity contribution in [1.29, 1.82) is 0 Å². The fourth-order valence-electron chi connectivity index (χ4n) is 5.07.